The largest absolute Gasteiger partial charge is 0.481 e. The highest BCUT2D eigenvalue weighted by Gasteiger charge is 2.40. The summed E-state index contributed by atoms with van der Waals surface area (Å²) in [5.41, 5.74) is -0.742. The summed E-state index contributed by atoms with van der Waals surface area (Å²) in [4.78, 5) is 11.7. The van der Waals surface area contributed by atoms with Gasteiger partial charge in [0.15, 0.2) is 5.82 Å². The van der Waals surface area contributed by atoms with Gasteiger partial charge in [-0.15, -0.1) is 5.10 Å². The SMILES string of the molecule is COCc1nnnn1CC1(C(=O)O)CCCCCC1. The number of carbonyl (C=O) groups is 1. The second-order valence-corrected chi connectivity index (χ2v) is 5.19. The van der Waals surface area contributed by atoms with Crippen molar-refractivity contribution in [2.24, 2.45) is 5.41 Å². The highest BCUT2D eigenvalue weighted by molar-refractivity contribution is 5.74. The number of rotatable bonds is 5. The van der Waals surface area contributed by atoms with Crippen molar-refractivity contribution < 1.29 is 14.6 Å². The van der Waals surface area contributed by atoms with Gasteiger partial charge in [-0.1, -0.05) is 25.7 Å². The molecule has 0 aliphatic heterocycles. The molecule has 1 N–H and O–H groups in total. The van der Waals surface area contributed by atoms with Gasteiger partial charge in [0.1, 0.15) is 6.61 Å². The first-order valence-electron chi connectivity index (χ1n) is 6.65. The second-order valence-electron chi connectivity index (χ2n) is 5.19. The van der Waals surface area contributed by atoms with E-state index in [1.165, 1.54) is 0 Å². The summed E-state index contributed by atoms with van der Waals surface area (Å²) < 4.78 is 6.60. The Morgan fingerprint density at radius 3 is 2.63 bits per heavy atom. The van der Waals surface area contributed by atoms with Crippen LogP contribution in [0.1, 0.15) is 44.3 Å². The highest BCUT2D eigenvalue weighted by atomic mass is 16.5. The van der Waals surface area contributed by atoms with Crippen LogP contribution in [-0.4, -0.2) is 38.4 Å². The fraction of sp³-hybridized carbons (Fsp3) is 0.833. The molecule has 1 aliphatic rings. The predicted octanol–water partition coefficient (Wildman–Crippen LogP) is 1.24. The Bertz CT molecular complexity index is 424. The Balaban J connectivity index is 2.20. The lowest BCUT2D eigenvalue weighted by molar-refractivity contribution is -0.151. The Morgan fingerprint density at radius 1 is 1.37 bits per heavy atom. The van der Waals surface area contributed by atoms with Crippen LogP contribution < -0.4 is 0 Å². The van der Waals surface area contributed by atoms with Gasteiger partial charge in [0.05, 0.1) is 12.0 Å². The van der Waals surface area contributed by atoms with Gasteiger partial charge in [-0.2, -0.15) is 0 Å². The van der Waals surface area contributed by atoms with Crippen molar-refractivity contribution in [3.63, 3.8) is 0 Å². The van der Waals surface area contributed by atoms with Crippen LogP contribution in [0.4, 0.5) is 0 Å². The molecule has 1 heterocycles. The van der Waals surface area contributed by atoms with Crippen LogP contribution >= 0.6 is 0 Å². The minimum absolute atomic E-state index is 0.294. The van der Waals surface area contributed by atoms with Crippen LogP contribution in [0.3, 0.4) is 0 Å². The minimum Gasteiger partial charge on any atom is -0.481 e. The number of tetrazole rings is 1. The van der Waals surface area contributed by atoms with Crippen LogP contribution in [-0.2, 0) is 22.7 Å². The second kappa shape index (κ2) is 6.10. The van der Waals surface area contributed by atoms with Gasteiger partial charge >= 0.3 is 5.97 Å². The van der Waals surface area contributed by atoms with Crippen molar-refractivity contribution in [2.45, 2.75) is 51.7 Å². The van der Waals surface area contributed by atoms with Gasteiger partial charge in [0.25, 0.3) is 0 Å². The number of carboxylic acid groups (broad SMARTS) is 1. The van der Waals surface area contributed by atoms with Gasteiger partial charge in [0, 0.05) is 7.11 Å². The quantitative estimate of drug-likeness (QED) is 0.808. The molecule has 7 heteroatoms. The zero-order valence-electron chi connectivity index (χ0n) is 11.2. The van der Waals surface area contributed by atoms with Crippen LogP contribution in [0.15, 0.2) is 0 Å². The number of aromatic nitrogens is 4. The van der Waals surface area contributed by atoms with Crippen molar-refractivity contribution in [2.75, 3.05) is 7.11 Å². The number of hydrogen-bond acceptors (Lipinski definition) is 5. The van der Waals surface area contributed by atoms with Crippen molar-refractivity contribution >= 4 is 5.97 Å². The van der Waals surface area contributed by atoms with Crippen LogP contribution in [0.25, 0.3) is 0 Å². The number of hydrogen-bond donors (Lipinski definition) is 1. The molecule has 0 amide bonds. The summed E-state index contributed by atoms with van der Waals surface area (Å²) in [5.74, 6) is -0.166. The summed E-state index contributed by atoms with van der Waals surface area (Å²) in [6.45, 7) is 0.622. The molecule has 106 valence electrons. The van der Waals surface area contributed by atoms with E-state index in [4.69, 9.17) is 4.74 Å². The molecule has 1 fully saturated rings. The van der Waals surface area contributed by atoms with Crippen LogP contribution in [0, 0.1) is 5.41 Å². The van der Waals surface area contributed by atoms with E-state index in [1.54, 1.807) is 11.8 Å². The zero-order valence-corrected chi connectivity index (χ0v) is 11.2. The highest BCUT2D eigenvalue weighted by Crippen LogP contribution is 2.37. The molecule has 0 bridgehead atoms. The molecule has 2 rings (SSSR count). The molecule has 0 aromatic carbocycles. The lowest BCUT2D eigenvalue weighted by Crippen LogP contribution is -2.36. The molecule has 0 saturated heterocycles. The maximum atomic E-state index is 11.7. The first kappa shape index (κ1) is 13.9. The maximum absolute atomic E-state index is 11.7. The van der Waals surface area contributed by atoms with Crippen molar-refractivity contribution in [3.05, 3.63) is 5.82 Å². The van der Waals surface area contributed by atoms with Crippen LogP contribution in [0.5, 0.6) is 0 Å². The van der Waals surface area contributed by atoms with E-state index in [0.29, 0.717) is 31.8 Å². The summed E-state index contributed by atoms with van der Waals surface area (Å²) in [5, 5.41) is 21.0. The number of nitrogens with zero attached hydrogens (tertiary/aromatic N) is 4. The number of aliphatic carboxylic acids is 1. The van der Waals surface area contributed by atoms with E-state index in [-0.39, 0.29) is 0 Å². The van der Waals surface area contributed by atoms with Crippen molar-refractivity contribution in [3.8, 4) is 0 Å². The lowest BCUT2D eigenvalue weighted by atomic mass is 9.80. The zero-order chi connectivity index (χ0) is 13.7. The van der Waals surface area contributed by atoms with E-state index in [0.717, 1.165) is 25.7 Å². The number of carboxylic acids is 1. The van der Waals surface area contributed by atoms with E-state index >= 15 is 0 Å². The van der Waals surface area contributed by atoms with Gasteiger partial charge < -0.3 is 9.84 Å². The predicted molar refractivity (Wildman–Crippen MR) is 66.3 cm³/mol. The van der Waals surface area contributed by atoms with E-state index in [9.17, 15) is 9.90 Å². The third-order valence-electron chi connectivity index (χ3n) is 3.85. The van der Waals surface area contributed by atoms with Gasteiger partial charge in [-0.05, 0) is 23.3 Å². The topological polar surface area (TPSA) is 90.1 Å². The van der Waals surface area contributed by atoms with Gasteiger partial charge in [0.2, 0.25) is 0 Å². The Kier molecular flexibility index (Phi) is 4.47. The molecule has 1 saturated carbocycles. The molecule has 7 nitrogen and oxygen atoms in total. The van der Waals surface area contributed by atoms with Crippen molar-refractivity contribution in [1.82, 2.24) is 20.2 Å². The molecule has 1 aromatic heterocycles. The average Bonchev–Trinajstić information content (AvgIpc) is 2.66. The van der Waals surface area contributed by atoms with E-state index < -0.39 is 11.4 Å². The van der Waals surface area contributed by atoms with Gasteiger partial charge in [-0.3, -0.25) is 4.79 Å². The number of methoxy groups -OCH3 is 1. The summed E-state index contributed by atoms with van der Waals surface area (Å²) in [6, 6.07) is 0. The van der Waals surface area contributed by atoms with E-state index in [1.807, 2.05) is 0 Å². The lowest BCUT2D eigenvalue weighted by Gasteiger charge is -2.27. The summed E-state index contributed by atoms with van der Waals surface area (Å²) in [6.07, 6.45) is 5.50. The molecule has 1 aromatic rings. The first-order valence-corrected chi connectivity index (χ1v) is 6.65. The average molecular weight is 268 g/mol. The molecule has 0 unspecified atom stereocenters. The summed E-state index contributed by atoms with van der Waals surface area (Å²) >= 11 is 0. The molecule has 0 atom stereocenters. The van der Waals surface area contributed by atoms with Gasteiger partial charge in [-0.25, -0.2) is 4.68 Å². The fourth-order valence-electron chi connectivity index (χ4n) is 2.71. The first-order chi connectivity index (χ1) is 9.18. The Morgan fingerprint density at radius 2 is 2.05 bits per heavy atom. The van der Waals surface area contributed by atoms with E-state index in [2.05, 4.69) is 15.5 Å². The molecule has 19 heavy (non-hydrogen) atoms. The Labute approximate surface area is 111 Å². The fourth-order valence-corrected chi connectivity index (χ4v) is 2.71. The monoisotopic (exact) mass is 268 g/mol. The van der Waals surface area contributed by atoms with Crippen LogP contribution in [0.2, 0.25) is 0 Å². The minimum atomic E-state index is -0.742. The molecule has 0 spiro atoms. The third-order valence-corrected chi connectivity index (χ3v) is 3.85. The smallest absolute Gasteiger partial charge is 0.311 e. The molecular formula is C12H20N4O3. The summed E-state index contributed by atoms with van der Waals surface area (Å²) in [7, 11) is 1.57. The maximum Gasteiger partial charge on any atom is 0.311 e. The third kappa shape index (κ3) is 3.09. The Hall–Kier alpha value is -1.50. The molecule has 1 aliphatic carbocycles. The molecular weight excluding hydrogens is 248 g/mol. The van der Waals surface area contributed by atoms with Crippen molar-refractivity contribution in [1.29, 1.82) is 0 Å². The number of ether oxygens (including phenoxy) is 1. The standard InChI is InChI=1S/C12H20N4O3/c1-19-8-10-13-14-15-16(10)9-12(11(17)18)6-4-2-3-5-7-12/h2-9H2,1H3,(H,17,18). The molecule has 0 radical (unpaired) electrons. The normalized spacial score (nSPS) is 19.0.